The van der Waals surface area contributed by atoms with Gasteiger partial charge in [-0.1, -0.05) is 31.2 Å². The lowest BCUT2D eigenvalue weighted by atomic mass is 9.91. The molecule has 2 N–H and O–H groups in total. The third-order valence-electron chi connectivity index (χ3n) is 4.35. The SMILES string of the molecule is CCc1ccc(C(CN)Cc2cc(OC)c(OC)c(OC)c2)cc1. The van der Waals surface area contributed by atoms with Crippen LogP contribution in [0.4, 0.5) is 0 Å². The zero-order valence-electron chi connectivity index (χ0n) is 15.0. The van der Waals surface area contributed by atoms with E-state index in [0.29, 0.717) is 23.8 Å². The number of hydrogen-bond donors (Lipinski definition) is 1. The Morgan fingerprint density at radius 2 is 1.46 bits per heavy atom. The first-order valence-corrected chi connectivity index (χ1v) is 8.24. The van der Waals surface area contributed by atoms with E-state index >= 15 is 0 Å². The molecular formula is C20H27NO3. The Kier molecular flexibility index (Phi) is 6.50. The first-order valence-electron chi connectivity index (χ1n) is 8.24. The van der Waals surface area contributed by atoms with Gasteiger partial charge in [0.25, 0.3) is 0 Å². The molecule has 1 atom stereocenters. The van der Waals surface area contributed by atoms with Crippen LogP contribution in [0.15, 0.2) is 36.4 Å². The fourth-order valence-electron chi connectivity index (χ4n) is 2.90. The van der Waals surface area contributed by atoms with E-state index in [1.807, 2.05) is 12.1 Å². The Bertz CT molecular complexity index is 627. The molecule has 1 unspecified atom stereocenters. The molecule has 130 valence electrons. The normalized spacial score (nSPS) is 11.9. The van der Waals surface area contributed by atoms with Crippen molar-refractivity contribution in [1.82, 2.24) is 0 Å². The molecule has 0 fully saturated rings. The van der Waals surface area contributed by atoms with Crippen molar-refractivity contribution in [2.75, 3.05) is 27.9 Å². The van der Waals surface area contributed by atoms with E-state index in [9.17, 15) is 0 Å². The lowest BCUT2D eigenvalue weighted by molar-refractivity contribution is 0.323. The van der Waals surface area contributed by atoms with Crippen LogP contribution in [0.5, 0.6) is 17.2 Å². The van der Waals surface area contributed by atoms with Crippen LogP contribution < -0.4 is 19.9 Å². The first-order chi connectivity index (χ1) is 11.7. The van der Waals surface area contributed by atoms with E-state index in [1.165, 1.54) is 11.1 Å². The molecule has 24 heavy (non-hydrogen) atoms. The number of ether oxygens (including phenoxy) is 3. The van der Waals surface area contributed by atoms with Crippen molar-refractivity contribution < 1.29 is 14.2 Å². The smallest absolute Gasteiger partial charge is 0.203 e. The van der Waals surface area contributed by atoms with Crippen LogP contribution in [0, 0.1) is 0 Å². The second-order valence-corrected chi connectivity index (χ2v) is 5.77. The molecule has 2 aromatic carbocycles. The molecule has 0 amide bonds. The number of aryl methyl sites for hydroxylation is 1. The summed E-state index contributed by atoms with van der Waals surface area (Å²) in [5, 5.41) is 0. The maximum atomic E-state index is 6.03. The molecule has 0 heterocycles. The minimum atomic E-state index is 0.249. The third kappa shape index (κ3) is 4.01. The van der Waals surface area contributed by atoms with Crippen LogP contribution in [-0.4, -0.2) is 27.9 Å². The number of methoxy groups -OCH3 is 3. The third-order valence-corrected chi connectivity index (χ3v) is 4.35. The highest BCUT2D eigenvalue weighted by molar-refractivity contribution is 5.54. The molecule has 0 aliphatic carbocycles. The Morgan fingerprint density at radius 3 is 1.88 bits per heavy atom. The maximum absolute atomic E-state index is 6.03. The van der Waals surface area contributed by atoms with E-state index in [2.05, 4.69) is 31.2 Å². The highest BCUT2D eigenvalue weighted by atomic mass is 16.5. The molecule has 0 aromatic heterocycles. The van der Waals surface area contributed by atoms with Crippen molar-refractivity contribution in [2.45, 2.75) is 25.7 Å². The van der Waals surface area contributed by atoms with E-state index in [1.54, 1.807) is 21.3 Å². The zero-order valence-corrected chi connectivity index (χ0v) is 15.0. The molecule has 0 bridgehead atoms. The average molecular weight is 329 g/mol. The van der Waals surface area contributed by atoms with E-state index in [0.717, 1.165) is 18.4 Å². The highest BCUT2D eigenvalue weighted by Gasteiger charge is 2.16. The summed E-state index contributed by atoms with van der Waals surface area (Å²) in [5.41, 5.74) is 9.73. The molecule has 0 radical (unpaired) electrons. The predicted octanol–water partition coefficient (Wildman–Crippen LogP) is 3.56. The lowest BCUT2D eigenvalue weighted by Crippen LogP contribution is -2.15. The van der Waals surface area contributed by atoms with Gasteiger partial charge in [-0.15, -0.1) is 0 Å². The Morgan fingerprint density at radius 1 is 0.875 bits per heavy atom. The van der Waals surface area contributed by atoms with Crippen LogP contribution in [0.25, 0.3) is 0 Å². The monoisotopic (exact) mass is 329 g/mol. The summed E-state index contributed by atoms with van der Waals surface area (Å²) in [7, 11) is 4.87. The van der Waals surface area contributed by atoms with Gasteiger partial charge in [-0.2, -0.15) is 0 Å². The van der Waals surface area contributed by atoms with E-state index in [-0.39, 0.29) is 5.92 Å². The van der Waals surface area contributed by atoms with Crippen LogP contribution in [0.3, 0.4) is 0 Å². The summed E-state index contributed by atoms with van der Waals surface area (Å²) in [4.78, 5) is 0. The van der Waals surface area contributed by atoms with Crippen molar-refractivity contribution >= 4 is 0 Å². The molecule has 0 aliphatic heterocycles. The molecule has 0 saturated carbocycles. The van der Waals surface area contributed by atoms with Crippen LogP contribution >= 0.6 is 0 Å². The van der Waals surface area contributed by atoms with Gasteiger partial charge in [0.1, 0.15) is 0 Å². The summed E-state index contributed by atoms with van der Waals surface area (Å²) < 4.78 is 16.2. The van der Waals surface area contributed by atoms with Gasteiger partial charge < -0.3 is 19.9 Å². The maximum Gasteiger partial charge on any atom is 0.203 e. The minimum Gasteiger partial charge on any atom is -0.493 e. The standard InChI is InChI=1S/C20H27NO3/c1-5-14-6-8-16(9-7-14)17(13-21)10-15-11-18(22-2)20(24-4)19(12-15)23-3/h6-9,11-12,17H,5,10,13,21H2,1-4H3. The molecule has 2 aromatic rings. The van der Waals surface area contributed by atoms with Gasteiger partial charge in [0.15, 0.2) is 11.5 Å². The van der Waals surface area contributed by atoms with Crippen LogP contribution in [-0.2, 0) is 12.8 Å². The van der Waals surface area contributed by atoms with E-state index in [4.69, 9.17) is 19.9 Å². The molecule has 4 nitrogen and oxygen atoms in total. The molecule has 0 spiro atoms. The van der Waals surface area contributed by atoms with Crippen LogP contribution in [0.1, 0.15) is 29.5 Å². The second-order valence-electron chi connectivity index (χ2n) is 5.77. The largest absolute Gasteiger partial charge is 0.493 e. The summed E-state index contributed by atoms with van der Waals surface area (Å²) >= 11 is 0. The summed E-state index contributed by atoms with van der Waals surface area (Å²) in [6.07, 6.45) is 1.86. The van der Waals surface area contributed by atoms with Gasteiger partial charge in [-0.25, -0.2) is 0 Å². The Balaban J connectivity index is 2.29. The van der Waals surface area contributed by atoms with Gasteiger partial charge in [-0.3, -0.25) is 0 Å². The Hall–Kier alpha value is -2.20. The second kappa shape index (κ2) is 8.60. The average Bonchev–Trinajstić information content (AvgIpc) is 2.65. The number of rotatable bonds is 8. The number of hydrogen-bond acceptors (Lipinski definition) is 4. The van der Waals surface area contributed by atoms with Crippen molar-refractivity contribution in [3.8, 4) is 17.2 Å². The highest BCUT2D eigenvalue weighted by Crippen LogP contribution is 2.39. The fraction of sp³-hybridized carbons (Fsp3) is 0.400. The van der Waals surface area contributed by atoms with Gasteiger partial charge in [0.2, 0.25) is 5.75 Å². The molecular weight excluding hydrogens is 302 g/mol. The molecule has 0 saturated heterocycles. The van der Waals surface area contributed by atoms with Crippen molar-refractivity contribution in [3.63, 3.8) is 0 Å². The van der Waals surface area contributed by atoms with Crippen molar-refractivity contribution in [2.24, 2.45) is 5.73 Å². The first kappa shape index (κ1) is 18.1. The van der Waals surface area contributed by atoms with Crippen molar-refractivity contribution in [3.05, 3.63) is 53.1 Å². The summed E-state index contributed by atoms with van der Waals surface area (Å²) in [6.45, 7) is 2.74. The topological polar surface area (TPSA) is 53.7 Å². The Labute approximate surface area is 144 Å². The van der Waals surface area contributed by atoms with Gasteiger partial charge >= 0.3 is 0 Å². The van der Waals surface area contributed by atoms with Crippen LogP contribution in [0.2, 0.25) is 0 Å². The number of nitrogens with two attached hydrogens (primary N) is 1. The van der Waals surface area contributed by atoms with Gasteiger partial charge in [0.05, 0.1) is 21.3 Å². The van der Waals surface area contributed by atoms with E-state index < -0.39 is 0 Å². The van der Waals surface area contributed by atoms with Gasteiger partial charge in [0, 0.05) is 5.92 Å². The zero-order chi connectivity index (χ0) is 17.5. The number of benzene rings is 2. The van der Waals surface area contributed by atoms with Crippen molar-refractivity contribution in [1.29, 1.82) is 0 Å². The quantitative estimate of drug-likeness (QED) is 0.804. The summed E-state index contributed by atoms with van der Waals surface area (Å²) in [5.74, 6) is 2.20. The lowest BCUT2D eigenvalue weighted by Gasteiger charge is -2.18. The fourth-order valence-corrected chi connectivity index (χ4v) is 2.90. The van der Waals surface area contributed by atoms with Gasteiger partial charge in [-0.05, 0) is 48.2 Å². The summed E-state index contributed by atoms with van der Waals surface area (Å²) in [6, 6.07) is 12.7. The molecule has 0 aliphatic rings. The molecule has 4 heteroatoms. The molecule has 2 rings (SSSR count). The predicted molar refractivity (Wildman–Crippen MR) is 97.4 cm³/mol. The minimum absolute atomic E-state index is 0.249.